The van der Waals surface area contributed by atoms with Gasteiger partial charge in [-0.25, -0.2) is 0 Å². The monoisotopic (exact) mass is 208 g/mol. The molecule has 0 saturated carbocycles. The number of halogens is 1. The molecule has 1 aromatic rings. The molecule has 2 nitrogen and oxygen atoms in total. The van der Waals surface area contributed by atoms with Crippen molar-refractivity contribution in [2.75, 3.05) is 6.61 Å². The molecule has 0 saturated heterocycles. The van der Waals surface area contributed by atoms with Crippen LogP contribution in [0.1, 0.15) is 16.8 Å². The number of ether oxygens (including phenoxy) is 1. The quantitative estimate of drug-likeness (QED) is 0.432. The Labute approximate surface area is 87.8 Å². The molecule has 0 N–H and O–H groups in total. The molecule has 0 amide bonds. The van der Waals surface area contributed by atoms with Gasteiger partial charge in [-0.2, -0.15) is 0 Å². The van der Waals surface area contributed by atoms with Gasteiger partial charge in [0, 0.05) is 12.0 Å². The van der Waals surface area contributed by atoms with E-state index in [0.29, 0.717) is 35.6 Å². The van der Waals surface area contributed by atoms with E-state index in [9.17, 15) is 4.79 Å². The molecule has 0 bridgehead atoms. The lowest BCUT2D eigenvalue weighted by atomic mass is 10.2. The summed E-state index contributed by atoms with van der Waals surface area (Å²) in [7, 11) is 0. The highest BCUT2D eigenvalue weighted by Crippen LogP contribution is 2.21. The molecule has 0 aliphatic heterocycles. The van der Waals surface area contributed by atoms with Gasteiger partial charge < -0.3 is 4.74 Å². The van der Waals surface area contributed by atoms with Crippen molar-refractivity contribution >= 4 is 17.9 Å². The van der Waals surface area contributed by atoms with Crippen molar-refractivity contribution in [2.24, 2.45) is 0 Å². The maximum absolute atomic E-state index is 10.4. The molecule has 0 aliphatic carbocycles. The van der Waals surface area contributed by atoms with E-state index in [4.69, 9.17) is 22.8 Å². The average molecular weight is 209 g/mol. The summed E-state index contributed by atoms with van der Waals surface area (Å²) in [4.78, 5) is 10.4. The minimum absolute atomic E-state index is 0.387. The molecule has 0 unspecified atom stereocenters. The Morgan fingerprint density at radius 2 is 2.36 bits per heavy atom. The molecular formula is C11H9ClO2. The van der Waals surface area contributed by atoms with Gasteiger partial charge in [-0.15, -0.1) is 12.3 Å². The molecule has 1 aromatic carbocycles. The normalized spacial score (nSPS) is 9.14. The Bertz CT molecular complexity index is 366. The third-order valence-corrected chi connectivity index (χ3v) is 1.94. The van der Waals surface area contributed by atoms with E-state index in [2.05, 4.69) is 5.92 Å². The summed E-state index contributed by atoms with van der Waals surface area (Å²) in [6.07, 6.45) is 6.32. The number of carbonyl (C=O) groups is 1. The van der Waals surface area contributed by atoms with E-state index in [0.717, 1.165) is 0 Å². The largest absolute Gasteiger partial charge is 0.493 e. The highest BCUT2D eigenvalue weighted by atomic mass is 35.5. The third-order valence-electron chi connectivity index (χ3n) is 1.61. The molecule has 0 fully saturated rings. The van der Waals surface area contributed by atoms with Gasteiger partial charge in [0.25, 0.3) is 0 Å². The second-order valence-corrected chi connectivity index (χ2v) is 3.01. The molecule has 0 aromatic heterocycles. The third kappa shape index (κ3) is 2.79. The van der Waals surface area contributed by atoms with Crippen LogP contribution in [0, 0.1) is 12.3 Å². The van der Waals surface area contributed by atoms with Gasteiger partial charge in [0.1, 0.15) is 5.75 Å². The summed E-state index contributed by atoms with van der Waals surface area (Å²) in [6, 6.07) is 4.90. The van der Waals surface area contributed by atoms with Gasteiger partial charge in [-0.3, -0.25) is 4.79 Å². The first-order chi connectivity index (χ1) is 6.77. The zero-order valence-corrected chi connectivity index (χ0v) is 8.25. The van der Waals surface area contributed by atoms with Gasteiger partial charge >= 0.3 is 0 Å². The van der Waals surface area contributed by atoms with Crippen LogP contribution in [0.3, 0.4) is 0 Å². The van der Waals surface area contributed by atoms with Crippen molar-refractivity contribution in [3.8, 4) is 18.1 Å². The van der Waals surface area contributed by atoms with Crippen molar-refractivity contribution in [3.63, 3.8) is 0 Å². The van der Waals surface area contributed by atoms with Crippen molar-refractivity contribution in [1.29, 1.82) is 0 Å². The summed E-state index contributed by atoms with van der Waals surface area (Å²) in [5.74, 6) is 3.08. The highest BCUT2D eigenvalue weighted by molar-refractivity contribution is 6.33. The summed E-state index contributed by atoms with van der Waals surface area (Å²) < 4.78 is 5.28. The van der Waals surface area contributed by atoms with Crippen molar-refractivity contribution < 1.29 is 9.53 Å². The molecule has 0 spiro atoms. The predicted octanol–water partition coefficient (Wildman–Crippen LogP) is 2.55. The zero-order chi connectivity index (χ0) is 10.4. The summed E-state index contributed by atoms with van der Waals surface area (Å²) in [6.45, 7) is 0.452. The van der Waals surface area contributed by atoms with Gasteiger partial charge in [0.05, 0.1) is 11.6 Å². The van der Waals surface area contributed by atoms with Crippen molar-refractivity contribution in [2.45, 2.75) is 6.42 Å². The van der Waals surface area contributed by atoms with Crippen LogP contribution in [0.15, 0.2) is 18.2 Å². The van der Waals surface area contributed by atoms with Crippen LogP contribution in [-0.2, 0) is 0 Å². The summed E-state index contributed by atoms with van der Waals surface area (Å²) >= 11 is 5.79. The topological polar surface area (TPSA) is 26.3 Å². The molecule has 0 heterocycles. The number of rotatable bonds is 4. The first kappa shape index (κ1) is 10.6. The van der Waals surface area contributed by atoms with Crippen LogP contribution in [0.4, 0.5) is 0 Å². The first-order valence-corrected chi connectivity index (χ1v) is 4.46. The van der Waals surface area contributed by atoms with Gasteiger partial charge in [-0.1, -0.05) is 11.6 Å². The number of aldehydes is 1. The fourth-order valence-corrected chi connectivity index (χ4v) is 1.14. The van der Waals surface area contributed by atoms with E-state index >= 15 is 0 Å². The second kappa shape index (κ2) is 5.31. The Morgan fingerprint density at radius 3 is 2.93 bits per heavy atom. The lowest BCUT2D eigenvalue weighted by Crippen LogP contribution is -1.96. The number of terminal acetylenes is 1. The van der Waals surface area contributed by atoms with Gasteiger partial charge in [-0.05, 0) is 18.2 Å². The van der Waals surface area contributed by atoms with Crippen LogP contribution in [0.25, 0.3) is 0 Å². The van der Waals surface area contributed by atoms with E-state index < -0.39 is 0 Å². The van der Waals surface area contributed by atoms with E-state index in [1.54, 1.807) is 18.2 Å². The standard InChI is InChI=1S/C11H9ClO2/c1-2-3-6-14-10-5-4-9(8-13)11(12)7-10/h1,4-5,7-8H,3,6H2. The SMILES string of the molecule is C#CCCOc1ccc(C=O)c(Cl)c1. The van der Waals surface area contributed by atoms with Gasteiger partial charge in [0.15, 0.2) is 6.29 Å². The van der Waals surface area contributed by atoms with Crippen LogP contribution in [0.2, 0.25) is 5.02 Å². The Morgan fingerprint density at radius 1 is 1.57 bits per heavy atom. The molecule has 0 atom stereocenters. The Balaban J connectivity index is 2.67. The van der Waals surface area contributed by atoms with E-state index in [-0.39, 0.29) is 0 Å². The van der Waals surface area contributed by atoms with Crippen LogP contribution in [0.5, 0.6) is 5.75 Å². The van der Waals surface area contributed by atoms with Crippen molar-refractivity contribution in [3.05, 3.63) is 28.8 Å². The molecule has 72 valence electrons. The number of carbonyl (C=O) groups excluding carboxylic acids is 1. The number of benzene rings is 1. The minimum atomic E-state index is 0.387. The number of hydrogen-bond donors (Lipinski definition) is 0. The Kier molecular flexibility index (Phi) is 4.03. The van der Waals surface area contributed by atoms with Gasteiger partial charge in [0.2, 0.25) is 0 Å². The molecular weight excluding hydrogens is 200 g/mol. The predicted molar refractivity (Wildman–Crippen MR) is 55.8 cm³/mol. The van der Waals surface area contributed by atoms with E-state index in [1.165, 1.54) is 0 Å². The van der Waals surface area contributed by atoms with Crippen LogP contribution in [-0.4, -0.2) is 12.9 Å². The molecule has 0 aliphatic rings. The van der Waals surface area contributed by atoms with Crippen molar-refractivity contribution in [1.82, 2.24) is 0 Å². The number of hydrogen-bond acceptors (Lipinski definition) is 2. The maximum Gasteiger partial charge on any atom is 0.151 e. The summed E-state index contributed by atoms with van der Waals surface area (Å²) in [5, 5.41) is 0.387. The van der Waals surface area contributed by atoms with Crippen LogP contribution >= 0.6 is 11.6 Å². The summed E-state index contributed by atoms with van der Waals surface area (Å²) in [5.41, 5.74) is 0.455. The molecule has 0 radical (unpaired) electrons. The average Bonchev–Trinajstić information content (AvgIpc) is 2.18. The fourth-order valence-electron chi connectivity index (χ4n) is 0.921. The lowest BCUT2D eigenvalue weighted by Gasteiger charge is -2.04. The minimum Gasteiger partial charge on any atom is -0.493 e. The zero-order valence-electron chi connectivity index (χ0n) is 7.50. The smallest absolute Gasteiger partial charge is 0.151 e. The fraction of sp³-hybridized carbons (Fsp3) is 0.182. The highest BCUT2D eigenvalue weighted by Gasteiger charge is 2.00. The maximum atomic E-state index is 10.4. The lowest BCUT2D eigenvalue weighted by molar-refractivity contribution is 0.112. The van der Waals surface area contributed by atoms with Crippen LogP contribution < -0.4 is 4.74 Å². The second-order valence-electron chi connectivity index (χ2n) is 2.60. The first-order valence-electron chi connectivity index (χ1n) is 4.09. The molecule has 3 heteroatoms. The molecule has 1 rings (SSSR count). The Hall–Kier alpha value is -1.46. The molecule has 14 heavy (non-hydrogen) atoms. The van der Waals surface area contributed by atoms with E-state index in [1.807, 2.05) is 0 Å².